The molecule has 0 radical (unpaired) electrons. The van der Waals surface area contributed by atoms with E-state index in [9.17, 15) is 4.79 Å². The van der Waals surface area contributed by atoms with Crippen molar-refractivity contribution in [2.24, 2.45) is 10.8 Å². The molecule has 5 nitrogen and oxygen atoms in total. The lowest BCUT2D eigenvalue weighted by atomic mass is 10.2. The number of hydrogen-bond acceptors (Lipinski definition) is 4. The van der Waals surface area contributed by atoms with Crippen LogP contribution in [0.15, 0.2) is 53.6 Å². The molecule has 3 N–H and O–H groups in total. The molecule has 2 aromatic rings. The number of nitrogens with one attached hydrogen (secondary N) is 1. The van der Waals surface area contributed by atoms with Crippen LogP contribution in [0.1, 0.15) is 15.9 Å². The van der Waals surface area contributed by atoms with Crippen LogP contribution in [-0.4, -0.2) is 17.3 Å². The van der Waals surface area contributed by atoms with Gasteiger partial charge in [0.05, 0.1) is 11.8 Å². The molecule has 0 saturated carbocycles. The zero-order valence-electron chi connectivity index (χ0n) is 11.3. The van der Waals surface area contributed by atoms with E-state index >= 15 is 0 Å². The van der Waals surface area contributed by atoms with E-state index in [1.807, 2.05) is 0 Å². The van der Waals surface area contributed by atoms with Gasteiger partial charge in [0.25, 0.3) is 0 Å². The van der Waals surface area contributed by atoms with Crippen LogP contribution in [0.5, 0.6) is 5.75 Å². The SMILES string of the molecule is NC(=S)N/N=C/c1ccc(OC(=O)c2ccc(Cl)cc2)cc1. The Balaban J connectivity index is 1.98. The molecule has 0 unspecified atom stereocenters. The predicted molar refractivity (Wildman–Crippen MR) is 90.4 cm³/mol. The number of carbonyl (C=O) groups excluding carboxylic acids is 1. The molecular formula is C15H12ClN3O2S. The van der Waals surface area contributed by atoms with Crippen LogP contribution in [-0.2, 0) is 0 Å². The number of hydrogen-bond donors (Lipinski definition) is 2. The monoisotopic (exact) mass is 333 g/mol. The number of rotatable bonds is 4. The van der Waals surface area contributed by atoms with Gasteiger partial charge in [-0.05, 0) is 66.3 Å². The predicted octanol–water partition coefficient (Wildman–Crippen LogP) is 2.73. The van der Waals surface area contributed by atoms with Gasteiger partial charge in [-0.25, -0.2) is 4.79 Å². The fraction of sp³-hybridized carbons (Fsp3) is 0. The van der Waals surface area contributed by atoms with E-state index in [0.717, 1.165) is 5.56 Å². The first-order chi connectivity index (χ1) is 10.5. The van der Waals surface area contributed by atoms with Crippen molar-refractivity contribution >= 4 is 41.1 Å². The van der Waals surface area contributed by atoms with Gasteiger partial charge >= 0.3 is 5.97 Å². The van der Waals surface area contributed by atoms with Crippen molar-refractivity contribution in [2.75, 3.05) is 0 Å². The van der Waals surface area contributed by atoms with E-state index in [0.29, 0.717) is 16.3 Å². The minimum Gasteiger partial charge on any atom is -0.423 e. The van der Waals surface area contributed by atoms with Gasteiger partial charge in [-0.15, -0.1) is 0 Å². The number of benzene rings is 2. The first kappa shape index (κ1) is 15.9. The lowest BCUT2D eigenvalue weighted by Crippen LogP contribution is -2.23. The largest absolute Gasteiger partial charge is 0.423 e. The maximum absolute atomic E-state index is 11.9. The zero-order valence-corrected chi connectivity index (χ0v) is 12.9. The highest BCUT2D eigenvalue weighted by Crippen LogP contribution is 2.15. The lowest BCUT2D eigenvalue weighted by Gasteiger charge is -2.04. The molecule has 0 amide bonds. The molecule has 0 saturated heterocycles. The van der Waals surface area contributed by atoms with E-state index in [-0.39, 0.29) is 5.11 Å². The molecule has 7 heteroatoms. The molecule has 0 fully saturated rings. The van der Waals surface area contributed by atoms with Crippen LogP contribution < -0.4 is 15.9 Å². The number of carbonyl (C=O) groups is 1. The molecule has 0 aliphatic rings. The Morgan fingerprint density at radius 3 is 2.41 bits per heavy atom. The van der Waals surface area contributed by atoms with Crippen LogP contribution >= 0.6 is 23.8 Å². The summed E-state index contributed by atoms with van der Waals surface area (Å²) >= 11 is 10.4. The van der Waals surface area contributed by atoms with Gasteiger partial charge in [0.1, 0.15) is 5.75 Å². The molecule has 0 atom stereocenters. The molecule has 0 aliphatic carbocycles. The highest BCUT2D eigenvalue weighted by atomic mass is 35.5. The summed E-state index contributed by atoms with van der Waals surface area (Å²) in [5.41, 5.74) is 8.92. The summed E-state index contributed by atoms with van der Waals surface area (Å²) in [4.78, 5) is 11.9. The van der Waals surface area contributed by atoms with E-state index in [4.69, 9.17) is 22.1 Å². The first-order valence-electron chi connectivity index (χ1n) is 6.21. The number of nitrogens with zero attached hydrogens (tertiary/aromatic N) is 1. The summed E-state index contributed by atoms with van der Waals surface area (Å²) in [5, 5.41) is 4.47. The number of thiocarbonyl (C=S) groups is 1. The van der Waals surface area contributed by atoms with Gasteiger partial charge in [0, 0.05) is 5.02 Å². The van der Waals surface area contributed by atoms with Crippen LogP contribution in [0.3, 0.4) is 0 Å². The second kappa shape index (κ2) is 7.53. The maximum atomic E-state index is 11.9. The average molecular weight is 334 g/mol. The lowest BCUT2D eigenvalue weighted by molar-refractivity contribution is 0.0735. The molecule has 0 aromatic heterocycles. The third-order valence-corrected chi connectivity index (χ3v) is 2.90. The summed E-state index contributed by atoms with van der Waals surface area (Å²) in [6, 6.07) is 13.3. The topological polar surface area (TPSA) is 76.7 Å². The quantitative estimate of drug-likeness (QED) is 0.296. The summed E-state index contributed by atoms with van der Waals surface area (Å²) in [6.45, 7) is 0. The van der Waals surface area contributed by atoms with Crippen molar-refractivity contribution < 1.29 is 9.53 Å². The Morgan fingerprint density at radius 2 is 1.82 bits per heavy atom. The summed E-state index contributed by atoms with van der Waals surface area (Å²) in [5.74, 6) is -0.0207. The molecule has 0 aliphatic heterocycles. The average Bonchev–Trinajstić information content (AvgIpc) is 2.49. The molecule has 0 spiro atoms. The first-order valence-corrected chi connectivity index (χ1v) is 6.99. The Kier molecular flexibility index (Phi) is 5.46. The molecule has 112 valence electrons. The number of nitrogens with two attached hydrogens (primary N) is 1. The van der Waals surface area contributed by atoms with Crippen molar-refractivity contribution in [1.82, 2.24) is 5.43 Å². The van der Waals surface area contributed by atoms with Gasteiger partial charge < -0.3 is 10.5 Å². The standard InChI is InChI=1S/C15H12ClN3O2S/c16-12-5-3-11(4-6-12)14(20)21-13-7-1-10(2-8-13)9-18-19-15(17)22/h1-9H,(H3,17,19,22)/b18-9+. The minimum absolute atomic E-state index is 0.0877. The maximum Gasteiger partial charge on any atom is 0.343 e. The molecule has 2 rings (SSSR count). The van der Waals surface area contributed by atoms with E-state index in [1.54, 1.807) is 54.7 Å². The Bertz CT molecular complexity index is 700. The molecule has 22 heavy (non-hydrogen) atoms. The number of ether oxygens (including phenoxy) is 1. The van der Waals surface area contributed by atoms with Crippen molar-refractivity contribution in [1.29, 1.82) is 0 Å². The molecule has 0 bridgehead atoms. The van der Waals surface area contributed by atoms with Crippen LogP contribution in [0.2, 0.25) is 5.02 Å². The van der Waals surface area contributed by atoms with Crippen molar-refractivity contribution in [3.05, 3.63) is 64.7 Å². The second-order valence-corrected chi connectivity index (χ2v) is 5.08. The zero-order chi connectivity index (χ0) is 15.9. The normalized spacial score (nSPS) is 10.4. The highest BCUT2D eigenvalue weighted by Gasteiger charge is 2.08. The Morgan fingerprint density at radius 1 is 1.18 bits per heavy atom. The summed E-state index contributed by atoms with van der Waals surface area (Å²) in [6.07, 6.45) is 1.55. The number of esters is 1. The van der Waals surface area contributed by atoms with Gasteiger partial charge in [-0.2, -0.15) is 5.10 Å². The van der Waals surface area contributed by atoms with Crippen molar-refractivity contribution in [3.63, 3.8) is 0 Å². The minimum atomic E-state index is -0.451. The van der Waals surface area contributed by atoms with Crippen LogP contribution in [0, 0.1) is 0 Å². The third-order valence-electron chi connectivity index (χ3n) is 2.56. The molecular weight excluding hydrogens is 322 g/mol. The molecule has 0 heterocycles. The summed E-state index contributed by atoms with van der Waals surface area (Å²) in [7, 11) is 0. The highest BCUT2D eigenvalue weighted by molar-refractivity contribution is 7.80. The second-order valence-electron chi connectivity index (χ2n) is 4.20. The van der Waals surface area contributed by atoms with Crippen LogP contribution in [0.25, 0.3) is 0 Å². The van der Waals surface area contributed by atoms with Gasteiger partial charge in [0.15, 0.2) is 5.11 Å². The van der Waals surface area contributed by atoms with E-state index < -0.39 is 5.97 Å². The fourth-order valence-electron chi connectivity index (χ4n) is 1.54. The van der Waals surface area contributed by atoms with Gasteiger partial charge in [0.2, 0.25) is 0 Å². The third kappa shape index (κ3) is 4.83. The van der Waals surface area contributed by atoms with Gasteiger partial charge in [-0.3, -0.25) is 5.43 Å². The van der Waals surface area contributed by atoms with Crippen molar-refractivity contribution in [2.45, 2.75) is 0 Å². The van der Waals surface area contributed by atoms with E-state index in [2.05, 4.69) is 22.7 Å². The Labute approximate surface area is 137 Å². The van der Waals surface area contributed by atoms with Crippen molar-refractivity contribution in [3.8, 4) is 5.75 Å². The smallest absolute Gasteiger partial charge is 0.343 e. The Hall–Kier alpha value is -2.44. The summed E-state index contributed by atoms with van der Waals surface area (Å²) < 4.78 is 5.26. The van der Waals surface area contributed by atoms with E-state index in [1.165, 1.54) is 0 Å². The number of halogens is 1. The van der Waals surface area contributed by atoms with Gasteiger partial charge in [-0.1, -0.05) is 11.6 Å². The fourth-order valence-corrected chi connectivity index (χ4v) is 1.72. The molecule has 2 aromatic carbocycles. The number of hydrazone groups is 1. The van der Waals surface area contributed by atoms with Crippen LogP contribution in [0.4, 0.5) is 0 Å².